The van der Waals surface area contributed by atoms with E-state index in [1.165, 1.54) is 16.0 Å². The fourth-order valence-corrected chi connectivity index (χ4v) is 3.56. The van der Waals surface area contributed by atoms with Crippen LogP contribution in [0, 0.1) is 0 Å². The Kier molecular flexibility index (Phi) is 7.76. The zero-order valence-corrected chi connectivity index (χ0v) is 17.3. The molecule has 0 saturated carbocycles. The first-order valence-corrected chi connectivity index (χ1v) is 10.5. The number of ether oxygens (including phenoxy) is 3. The first kappa shape index (κ1) is 20.2. The molecule has 0 radical (unpaired) electrons. The molecule has 3 aromatic rings. The second-order valence-corrected chi connectivity index (χ2v) is 7.49. The largest absolute Gasteiger partial charge is 0.497 e. The number of benzene rings is 2. The van der Waals surface area contributed by atoms with Crippen molar-refractivity contribution in [3.8, 4) is 17.2 Å². The van der Waals surface area contributed by atoms with Crippen molar-refractivity contribution >= 4 is 11.3 Å². The molecule has 0 bridgehead atoms. The lowest BCUT2D eigenvalue weighted by Crippen LogP contribution is -2.83. The number of hydrogen-bond donors (Lipinski definition) is 1. The molecule has 1 heterocycles. The van der Waals surface area contributed by atoms with E-state index in [1.54, 1.807) is 18.4 Å². The van der Waals surface area contributed by atoms with Gasteiger partial charge in [-0.25, -0.2) is 0 Å². The summed E-state index contributed by atoms with van der Waals surface area (Å²) in [6.07, 6.45) is 1.03. The van der Waals surface area contributed by atoms with Gasteiger partial charge < -0.3 is 19.5 Å². The molecule has 2 aromatic carbocycles. The summed E-state index contributed by atoms with van der Waals surface area (Å²) >= 11 is 1.70. The van der Waals surface area contributed by atoms with E-state index in [-0.39, 0.29) is 0 Å². The van der Waals surface area contributed by atoms with E-state index in [1.807, 2.05) is 31.2 Å². The van der Waals surface area contributed by atoms with E-state index in [4.69, 9.17) is 14.2 Å². The van der Waals surface area contributed by atoms with Gasteiger partial charge in [-0.15, -0.1) is 11.3 Å². The predicted molar refractivity (Wildman–Crippen MR) is 113 cm³/mol. The van der Waals surface area contributed by atoms with Crippen molar-refractivity contribution in [2.45, 2.75) is 26.5 Å². The molecular weight excluding hydrogens is 370 g/mol. The Balaban J connectivity index is 1.50. The Morgan fingerprint density at radius 1 is 0.929 bits per heavy atom. The van der Waals surface area contributed by atoms with Gasteiger partial charge in [0.1, 0.15) is 18.9 Å². The maximum atomic E-state index is 5.96. The number of thiophene rings is 1. The van der Waals surface area contributed by atoms with Crippen LogP contribution in [-0.2, 0) is 19.6 Å². The predicted octanol–water partition coefficient (Wildman–Crippen LogP) is 4.04. The number of nitrogens with two attached hydrogens (primary N) is 1. The van der Waals surface area contributed by atoms with Gasteiger partial charge in [0.2, 0.25) is 0 Å². The zero-order chi connectivity index (χ0) is 19.6. The van der Waals surface area contributed by atoms with E-state index in [2.05, 4.69) is 41.0 Å². The lowest BCUT2D eigenvalue weighted by atomic mass is 10.1. The Morgan fingerprint density at radius 3 is 2.46 bits per heavy atom. The monoisotopic (exact) mass is 398 g/mol. The third-order valence-corrected chi connectivity index (χ3v) is 5.28. The highest BCUT2D eigenvalue weighted by atomic mass is 32.1. The molecule has 0 fully saturated rings. The molecule has 1 aromatic heterocycles. The molecule has 0 spiro atoms. The van der Waals surface area contributed by atoms with Crippen molar-refractivity contribution in [3.05, 3.63) is 76.0 Å². The van der Waals surface area contributed by atoms with E-state index in [0.717, 1.165) is 36.8 Å². The second-order valence-electron chi connectivity index (χ2n) is 6.46. The summed E-state index contributed by atoms with van der Waals surface area (Å²) in [6.45, 7) is 5.15. The minimum Gasteiger partial charge on any atom is -0.497 e. The van der Waals surface area contributed by atoms with Crippen LogP contribution < -0.4 is 19.5 Å². The molecule has 2 N–H and O–H groups in total. The van der Waals surface area contributed by atoms with Crippen molar-refractivity contribution in [2.75, 3.05) is 20.3 Å². The van der Waals surface area contributed by atoms with Crippen LogP contribution in [0.15, 0.2) is 60.0 Å². The van der Waals surface area contributed by atoms with E-state index >= 15 is 0 Å². The third-order valence-electron chi connectivity index (χ3n) is 4.43. The Labute approximate surface area is 171 Å². The first-order valence-electron chi connectivity index (χ1n) is 9.64. The standard InChI is InChI=1S/C23H27NO3S/c1-3-26-23-15-19(8-11-22(23)27-17-21-5-4-14-28-21)16-24-13-12-18-6-9-20(25-2)10-7-18/h4-11,14-15,24H,3,12-13,16-17H2,1-2H3/p+1. The number of rotatable bonds is 11. The van der Waals surface area contributed by atoms with Crippen molar-refractivity contribution in [3.63, 3.8) is 0 Å². The van der Waals surface area contributed by atoms with Crippen LogP contribution in [0.5, 0.6) is 17.2 Å². The van der Waals surface area contributed by atoms with Crippen LogP contribution >= 0.6 is 11.3 Å². The summed E-state index contributed by atoms with van der Waals surface area (Å²) in [5.74, 6) is 2.52. The highest BCUT2D eigenvalue weighted by molar-refractivity contribution is 7.09. The van der Waals surface area contributed by atoms with E-state index in [9.17, 15) is 0 Å². The van der Waals surface area contributed by atoms with Crippen molar-refractivity contribution < 1.29 is 19.5 Å². The highest BCUT2D eigenvalue weighted by Gasteiger charge is 2.08. The van der Waals surface area contributed by atoms with Gasteiger partial charge in [0, 0.05) is 16.9 Å². The molecule has 5 heteroatoms. The molecule has 0 unspecified atom stereocenters. The highest BCUT2D eigenvalue weighted by Crippen LogP contribution is 2.29. The Hall–Kier alpha value is -2.50. The summed E-state index contributed by atoms with van der Waals surface area (Å²) < 4.78 is 17.0. The summed E-state index contributed by atoms with van der Waals surface area (Å²) in [7, 11) is 1.69. The molecule has 0 atom stereocenters. The molecule has 28 heavy (non-hydrogen) atoms. The second kappa shape index (κ2) is 10.7. The van der Waals surface area contributed by atoms with E-state index in [0.29, 0.717) is 13.2 Å². The quantitative estimate of drug-likeness (QED) is 0.496. The molecule has 0 aliphatic carbocycles. The van der Waals surface area contributed by atoms with Crippen LogP contribution in [0.1, 0.15) is 22.9 Å². The van der Waals surface area contributed by atoms with Crippen LogP contribution in [0.25, 0.3) is 0 Å². The zero-order valence-electron chi connectivity index (χ0n) is 16.5. The molecular formula is C23H28NO3S+. The van der Waals surface area contributed by atoms with Gasteiger partial charge in [-0.1, -0.05) is 18.2 Å². The first-order chi connectivity index (χ1) is 13.8. The molecule has 0 aliphatic rings. The molecule has 0 saturated heterocycles. The number of quaternary nitrogens is 1. The van der Waals surface area contributed by atoms with Crippen LogP contribution in [0.3, 0.4) is 0 Å². The summed E-state index contributed by atoms with van der Waals surface area (Å²) in [5, 5.41) is 4.38. The van der Waals surface area contributed by atoms with Gasteiger partial charge in [0.25, 0.3) is 0 Å². The summed E-state index contributed by atoms with van der Waals surface area (Å²) in [5.41, 5.74) is 2.56. The van der Waals surface area contributed by atoms with Crippen molar-refractivity contribution in [1.82, 2.24) is 0 Å². The van der Waals surface area contributed by atoms with Gasteiger partial charge in [-0.05, 0) is 54.3 Å². The van der Waals surface area contributed by atoms with Crippen molar-refractivity contribution in [1.29, 1.82) is 0 Å². The van der Waals surface area contributed by atoms with Crippen molar-refractivity contribution in [2.24, 2.45) is 0 Å². The molecule has 3 rings (SSSR count). The lowest BCUT2D eigenvalue weighted by Gasteiger charge is -2.13. The average molecular weight is 399 g/mol. The van der Waals surface area contributed by atoms with E-state index < -0.39 is 0 Å². The number of methoxy groups -OCH3 is 1. The Bertz CT molecular complexity index is 832. The molecule has 0 aliphatic heterocycles. The smallest absolute Gasteiger partial charge is 0.161 e. The minimum absolute atomic E-state index is 0.574. The topological polar surface area (TPSA) is 44.3 Å². The normalized spacial score (nSPS) is 10.6. The third kappa shape index (κ3) is 6.01. The molecule has 4 nitrogen and oxygen atoms in total. The molecule has 0 amide bonds. The summed E-state index contributed by atoms with van der Waals surface area (Å²) in [4.78, 5) is 1.21. The Morgan fingerprint density at radius 2 is 1.75 bits per heavy atom. The fraction of sp³-hybridized carbons (Fsp3) is 0.304. The van der Waals surface area contributed by atoms with Crippen LogP contribution in [0.4, 0.5) is 0 Å². The van der Waals surface area contributed by atoms with Gasteiger partial charge in [-0.2, -0.15) is 0 Å². The van der Waals surface area contributed by atoms with Gasteiger partial charge in [0.15, 0.2) is 11.5 Å². The lowest BCUT2D eigenvalue weighted by molar-refractivity contribution is -0.670. The number of hydrogen-bond acceptors (Lipinski definition) is 4. The van der Waals surface area contributed by atoms with Gasteiger partial charge >= 0.3 is 0 Å². The van der Waals surface area contributed by atoms with Crippen LogP contribution in [-0.4, -0.2) is 20.3 Å². The maximum absolute atomic E-state index is 5.96. The molecule has 148 valence electrons. The minimum atomic E-state index is 0.574. The average Bonchev–Trinajstić information content (AvgIpc) is 3.25. The maximum Gasteiger partial charge on any atom is 0.161 e. The SMILES string of the molecule is CCOc1cc(C[NH2+]CCc2ccc(OC)cc2)ccc1OCc1cccs1. The fourth-order valence-electron chi connectivity index (χ4n) is 2.94. The van der Waals surface area contributed by atoms with Gasteiger partial charge in [-0.3, -0.25) is 0 Å². The van der Waals surface area contributed by atoms with Crippen LogP contribution in [0.2, 0.25) is 0 Å². The summed E-state index contributed by atoms with van der Waals surface area (Å²) in [6, 6.07) is 18.6. The van der Waals surface area contributed by atoms with Gasteiger partial charge in [0.05, 0.1) is 20.3 Å².